The molecule has 1 fully saturated rings. The quantitative estimate of drug-likeness (QED) is 0.124. The number of hydrogen-bond acceptors (Lipinski definition) is 9. The number of β-lactam (4-membered cyclic amide) rings is 1. The first kappa shape index (κ1) is 28.2. The van der Waals surface area contributed by atoms with Crippen molar-refractivity contribution in [3.63, 3.8) is 0 Å². The van der Waals surface area contributed by atoms with Gasteiger partial charge < -0.3 is 20.5 Å². The van der Waals surface area contributed by atoms with Crippen molar-refractivity contribution >= 4 is 69.8 Å². The molecule has 2 atom stereocenters. The Hall–Kier alpha value is -2.80. The Balaban J connectivity index is 1.56. The van der Waals surface area contributed by atoms with Crippen molar-refractivity contribution in [2.24, 2.45) is 5.73 Å². The number of benzene rings is 2. The van der Waals surface area contributed by atoms with E-state index in [1.54, 1.807) is 31.4 Å². The van der Waals surface area contributed by atoms with E-state index >= 15 is 0 Å². The fourth-order valence-electron chi connectivity index (χ4n) is 3.80. The highest BCUT2D eigenvalue weighted by molar-refractivity contribution is 8.14. The van der Waals surface area contributed by atoms with Crippen LogP contribution in [0, 0.1) is 5.41 Å². The lowest BCUT2D eigenvalue weighted by Gasteiger charge is -2.49. The number of thioether (sulfide) groups is 3. The molecule has 0 saturated carbocycles. The molecule has 0 unspecified atom stereocenters. The Morgan fingerprint density at radius 3 is 2.66 bits per heavy atom. The van der Waals surface area contributed by atoms with Crippen molar-refractivity contribution in [1.29, 1.82) is 5.41 Å². The number of methoxy groups -OCH3 is 1. The number of rotatable bonds is 10. The highest BCUT2D eigenvalue weighted by Crippen LogP contribution is 2.46. The van der Waals surface area contributed by atoms with Crippen molar-refractivity contribution in [2.45, 2.75) is 28.8 Å². The van der Waals surface area contributed by atoms with E-state index in [0.29, 0.717) is 22.3 Å². The summed E-state index contributed by atoms with van der Waals surface area (Å²) in [6.07, 6.45) is 0. The summed E-state index contributed by atoms with van der Waals surface area (Å²) in [5, 5.41) is 9.32. The van der Waals surface area contributed by atoms with Crippen LogP contribution in [-0.2, 0) is 31.6 Å². The largest absolute Gasteiger partial charge is 0.497 e. The van der Waals surface area contributed by atoms with Gasteiger partial charge >= 0.3 is 5.97 Å². The summed E-state index contributed by atoms with van der Waals surface area (Å²) in [6, 6.07) is 14.0. The molecule has 200 valence electrons. The van der Waals surface area contributed by atoms with E-state index in [1.165, 1.54) is 28.4 Å². The molecule has 13 heteroatoms. The fraction of sp³-hybridized carbons (Fsp3) is 0.280. The van der Waals surface area contributed by atoms with Crippen molar-refractivity contribution < 1.29 is 23.9 Å². The smallest absolute Gasteiger partial charge is 0.356 e. The van der Waals surface area contributed by atoms with Crippen LogP contribution in [0.25, 0.3) is 0 Å². The van der Waals surface area contributed by atoms with Crippen LogP contribution in [0.5, 0.6) is 5.75 Å². The number of amides is 2. The molecule has 0 radical (unpaired) electrons. The van der Waals surface area contributed by atoms with E-state index in [9.17, 15) is 14.4 Å². The first-order chi connectivity index (χ1) is 18.3. The predicted molar refractivity (Wildman–Crippen MR) is 151 cm³/mol. The molecule has 2 aromatic rings. The third-order valence-corrected chi connectivity index (χ3v) is 9.35. The Labute approximate surface area is 237 Å². The average Bonchev–Trinajstić information content (AvgIpc) is 2.93. The molecule has 9 nitrogen and oxygen atoms in total. The summed E-state index contributed by atoms with van der Waals surface area (Å²) in [5.41, 5.74) is 7.15. The van der Waals surface area contributed by atoms with E-state index in [-0.39, 0.29) is 23.2 Å². The van der Waals surface area contributed by atoms with E-state index in [1.807, 2.05) is 24.3 Å². The van der Waals surface area contributed by atoms with Gasteiger partial charge in [-0.25, -0.2) is 4.79 Å². The van der Waals surface area contributed by atoms with Crippen LogP contribution < -0.4 is 15.8 Å². The van der Waals surface area contributed by atoms with E-state index in [0.717, 1.165) is 27.8 Å². The summed E-state index contributed by atoms with van der Waals surface area (Å²) in [7, 11) is 1.57. The second-order valence-corrected chi connectivity index (χ2v) is 11.7. The van der Waals surface area contributed by atoms with Gasteiger partial charge in [-0.3, -0.25) is 19.9 Å². The topological polar surface area (TPSA) is 135 Å². The SMILES string of the molecule is COc1ccc(COC(=O)C2=C(Sc3ccccc3CCl)CS[C@@H]3[C@H](NC(=O)CSC(=N)N)C(=O)N23)cc1. The first-order valence-electron chi connectivity index (χ1n) is 11.4. The van der Waals surface area contributed by atoms with Crippen LogP contribution in [-0.4, -0.2) is 57.9 Å². The zero-order valence-corrected chi connectivity index (χ0v) is 23.5. The van der Waals surface area contributed by atoms with E-state index in [4.69, 9.17) is 32.2 Å². The number of esters is 1. The van der Waals surface area contributed by atoms with Gasteiger partial charge in [-0.1, -0.05) is 53.9 Å². The number of nitrogens with one attached hydrogen (secondary N) is 2. The molecule has 4 N–H and O–H groups in total. The highest BCUT2D eigenvalue weighted by Gasteiger charge is 2.54. The van der Waals surface area contributed by atoms with Crippen LogP contribution >= 0.6 is 46.9 Å². The molecule has 2 heterocycles. The fourth-order valence-corrected chi connectivity index (χ4v) is 7.08. The minimum Gasteiger partial charge on any atom is -0.497 e. The third kappa shape index (κ3) is 6.42. The number of hydrogen-bond donors (Lipinski definition) is 3. The zero-order valence-electron chi connectivity index (χ0n) is 20.3. The van der Waals surface area contributed by atoms with Gasteiger partial charge in [0, 0.05) is 21.4 Å². The molecule has 0 spiro atoms. The zero-order chi connectivity index (χ0) is 27.2. The maximum atomic E-state index is 13.4. The van der Waals surface area contributed by atoms with Crippen molar-refractivity contribution in [3.05, 3.63) is 70.3 Å². The van der Waals surface area contributed by atoms with Gasteiger partial charge in [0.1, 0.15) is 29.5 Å². The second kappa shape index (κ2) is 12.8. The molecule has 2 aliphatic rings. The number of alkyl halides is 1. The molecule has 2 aromatic carbocycles. The minimum atomic E-state index is -0.786. The normalized spacial score (nSPS) is 18.4. The molecule has 1 saturated heterocycles. The van der Waals surface area contributed by atoms with Gasteiger partial charge in [0.2, 0.25) is 5.91 Å². The number of ether oxygens (including phenoxy) is 2. The molecule has 0 bridgehead atoms. The number of nitrogens with zero attached hydrogens (tertiary/aromatic N) is 1. The Morgan fingerprint density at radius 1 is 1.24 bits per heavy atom. The summed E-state index contributed by atoms with van der Waals surface area (Å²) in [4.78, 5) is 41.8. The standard InChI is InChI=1S/C25H25ClN4O5S3/c1-34-16-8-6-14(7-9-16)11-35-24(33)21-18(38-17-5-3-2-4-15(17)10-26)12-36-23-20(22(32)30(21)23)29-19(31)13-37-25(27)28/h2-9,20,23H,10-13H2,1H3,(H3,27,28)(H,29,31)/t20-,23-/m1/s1. The van der Waals surface area contributed by atoms with Gasteiger partial charge in [-0.05, 0) is 29.3 Å². The predicted octanol–water partition coefficient (Wildman–Crippen LogP) is 3.51. The Morgan fingerprint density at radius 2 is 1.97 bits per heavy atom. The summed E-state index contributed by atoms with van der Waals surface area (Å²) >= 11 is 9.84. The molecular formula is C25H25ClN4O5S3. The Bertz CT molecular complexity index is 1270. The van der Waals surface area contributed by atoms with Crippen LogP contribution in [0.4, 0.5) is 0 Å². The molecular weight excluding hydrogens is 568 g/mol. The minimum absolute atomic E-state index is 0.0187. The number of carbonyl (C=O) groups is 3. The number of amidine groups is 1. The lowest BCUT2D eigenvalue weighted by Crippen LogP contribution is -2.70. The van der Waals surface area contributed by atoms with Crippen molar-refractivity contribution in [2.75, 3.05) is 18.6 Å². The molecule has 2 aliphatic heterocycles. The van der Waals surface area contributed by atoms with Gasteiger partial charge in [0.15, 0.2) is 5.17 Å². The van der Waals surface area contributed by atoms with Crippen LogP contribution in [0.3, 0.4) is 0 Å². The monoisotopic (exact) mass is 592 g/mol. The van der Waals surface area contributed by atoms with Gasteiger partial charge in [0.05, 0.1) is 12.9 Å². The molecule has 2 amide bonds. The van der Waals surface area contributed by atoms with Crippen molar-refractivity contribution in [1.82, 2.24) is 10.2 Å². The number of carbonyl (C=O) groups excluding carboxylic acids is 3. The number of halogens is 1. The second-order valence-electron chi connectivity index (χ2n) is 8.15. The number of nitrogens with two attached hydrogens (primary N) is 1. The Kier molecular flexibility index (Phi) is 9.53. The van der Waals surface area contributed by atoms with Crippen molar-refractivity contribution in [3.8, 4) is 5.75 Å². The maximum Gasteiger partial charge on any atom is 0.356 e. The first-order valence-corrected chi connectivity index (χ1v) is 14.8. The molecule has 4 rings (SSSR count). The molecule has 0 aliphatic carbocycles. The van der Waals surface area contributed by atoms with Crippen LogP contribution in [0.15, 0.2) is 64.0 Å². The lowest BCUT2D eigenvalue weighted by molar-refractivity contribution is -0.153. The molecule has 0 aromatic heterocycles. The summed E-state index contributed by atoms with van der Waals surface area (Å²) < 4.78 is 10.8. The third-order valence-electron chi connectivity index (χ3n) is 5.68. The maximum absolute atomic E-state index is 13.4. The van der Waals surface area contributed by atoms with E-state index < -0.39 is 29.2 Å². The van der Waals surface area contributed by atoms with Gasteiger partial charge in [-0.15, -0.1) is 23.4 Å². The number of fused-ring (bicyclic) bond motifs is 1. The van der Waals surface area contributed by atoms with Crippen LogP contribution in [0.1, 0.15) is 11.1 Å². The molecule has 38 heavy (non-hydrogen) atoms. The van der Waals surface area contributed by atoms with Crippen LogP contribution in [0.2, 0.25) is 0 Å². The summed E-state index contributed by atoms with van der Waals surface area (Å²) in [5.74, 6) is -0.0688. The van der Waals surface area contributed by atoms with Gasteiger partial charge in [-0.2, -0.15) is 0 Å². The van der Waals surface area contributed by atoms with E-state index in [2.05, 4.69) is 5.32 Å². The van der Waals surface area contributed by atoms with Gasteiger partial charge in [0.25, 0.3) is 5.91 Å². The lowest BCUT2D eigenvalue weighted by atomic mass is 10.1. The average molecular weight is 593 g/mol. The summed E-state index contributed by atoms with van der Waals surface area (Å²) in [6.45, 7) is 0.0187. The highest BCUT2D eigenvalue weighted by atomic mass is 35.5.